The van der Waals surface area contributed by atoms with Gasteiger partial charge in [-0.05, 0) is 55.0 Å². The van der Waals surface area contributed by atoms with E-state index in [1.54, 1.807) is 37.3 Å². The Morgan fingerprint density at radius 3 is 2.28 bits per heavy atom. The van der Waals surface area contributed by atoms with Crippen LogP contribution in [0.25, 0.3) is 0 Å². The fourth-order valence-corrected chi connectivity index (χ4v) is 5.74. The maximum absolute atomic E-state index is 13.1. The van der Waals surface area contributed by atoms with Crippen LogP contribution in [0, 0.1) is 6.92 Å². The number of benzene rings is 2. The Kier molecular flexibility index (Phi) is 6.11. The summed E-state index contributed by atoms with van der Waals surface area (Å²) in [4.78, 5) is 0.104. The molecule has 1 N–H and O–H groups in total. The summed E-state index contributed by atoms with van der Waals surface area (Å²) < 4.78 is 64.5. The molecule has 3 rings (SSSR count). The highest BCUT2D eigenvalue weighted by molar-refractivity contribution is 7.92. The predicted octanol–water partition coefficient (Wildman–Crippen LogP) is 3.09. The highest BCUT2D eigenvalue weighted by Gasteiger charge is 2.32. The third-order valence-corrected chi connectivity index (χ3v) is 7.94. The topological polar surface area (TPSA) is 103 Å². The number of nitrogens with one attached hydrogen (secondary N) is 1. The van der Waals surface area contributed by atoms with E-state index >= 15 is 0 Å². The van der Waals surface area contributed by atoms with Crippen molar-refractivity contribution < 1.29 is 26.0 Å². The number of hydrogen-bond donors (Lipinski definition) is 1. The molecule has 9 heteroatoms. The lowest BCUT2D eigenvalue weighted by Crippen LogP contribution is -2.32. The van der Waals surface area contributed by atoms with E-state index in [0.717, 1.165) is 0 Å². The molecule has 0 saturated heterocycles. The number of hydrogen-bond acceptors (Lipinski definition) is 6. The van der Waals surface area contributed by atoms with E-state index in [1.807, 2.05) is 0 Å². The van der Waals surface area contributed by atoms with Crippen LogP contribution < -0.4 is 9.46 Å². The molecule has 0 amide bonds. The molecule has 0 aliphatic rings. The molecule has 0 radical (unpaired) electrons. The summed E-state index contributed by atoms with van der Waals surface area (Å²) in [5.41, 5.74) is 0.648. The molecule has 1 atom stereocenters. The molecule has 0 saturated carbocycles. The molecule has 0 bridgehead atoms. The molecule has 29 heavy (non-hydrogen) atoms. The zero-order valence-electron chi connectivity index (χ0n) is 15.9. The van der Waals surface area contributed by atoms with Crippen LogP contribution in [0.1, 0.15) is 16.6 Å². The third-order valence-electron chi connectivity index (χ3n) is 4.44. The molecule has 3 aromatic rings. The van der Waals surface area contributed by atoms with Gasteiger partial charge in [0, 0.05) is 6.54 Å². The fraction of sp³-hybridized carbons (Fsp3) is 0.200. The lowest BCUT2D eigenvalue weighted by molar-refractivity contribution is 0.411. The number of sulfone groups is 1. The summed E-state index contributed by atoms with van der Waals surface area (Å²) in [7, 11) is -6.34. The second-order valence-corrected chi connectivity index (χ2v) is 10.2. The molecule has 1 unspecified atom stereocenters. The van der Waals surface area contributed by atoms with Crippen molar-refractivity contribution in [1.29, 1.82) is 0 Å². The summed E-state index contributed by atoms with van der Waals surface area (Å²) in [5.74, 6) is 0.714. The number of sulfonamides is 1. The van der Waals surface area contributed by atoms with Crippen LogP contribution in [-0.2, 0) is 19.9 Å². The molecule has 0 aliphatic carbocycles. The molecule has 2 aromatic carbocycles. The molecule has 0 spiro atoms. The van der Waals surface area contributed by atoms with E-state index < -0.39 is 25.1 Å². The Bertz CT molecular complexity index is 1170. The largest absolute Gasteiger partial charge is 0.496 e. The third kappa shape index (κ3) is 4.52. The van der Waals surface area contributed by atoms with Gasteiger partial charge in [-0.15, -0.1) is 0 Å². The van der Waals surface area contributed by atoms with Gasteiger partial charge in [0.25, 0.3) is 0 Å². The van der Waals surface area contributed by atoms with E-state index in [9.17, 15) is 16.8 Å². The highest BCUT2D eigenvalue weighted by atomic mass is 32.2. The number of rotatable bonds is 8. The summed E-state index contributed by atoms with van der Waals surface area (Å²) in [6.45, 7) is 1.35. The Balaban J connectivity index is 1.91. The lowest BCUT2D eigenvalue weighted by atomic mass is 10.2. The molecule has 1 heterocycles. The van der Waals surface area contributed by atoms with E-state index in [0.29, 0.717) is 11.3 Å². The summed E-state index contributed by atoms with van der Waals surface area (Å²) in [5, 5.41) is -1.21. The monoisotopic (exact) mass is 435 g/mol. The maximum atomic E-state index is 13.1. The Labute approximate surface area is 170 Å². The van der Waals surface area contributed by atoms with E-state index in [2.05, 4.69) is 4.72 Å². The number of furan rings is 1. The Morgan fingerprint density at radius 2 is 1.69 bits per heavy atom. The molecule has 7 nitrogen and oxygen atoms in total. The quantitative estimate of drug-likeness (QED) is 0.583. The molecular formula is C20H21NO6S2. The van der Waals surface area contributed by atoms with Crippen LogP contribution in [0.2, 0.25) is 0 Å². The maximum Gasteiger partial charge on any atom is 0.240 e. The van der Waals surface area contributed by atoms with Crippen molar-refractivity contribution in [2.24, 2.45) is 0 Å². The van der Waals surface area contributed by atoms with Crippen LogP contribution in [0.4, 0.5) is 0 Å². The minimum Gasteiger partial charge on any atom is -0.496 e. The Morgan fingerprint density at radius 1 is 0.966 bits per heavy atom. The average molecular weight is 436 g/mol. The summed E-state index contributed by atoms with van der Waals surface area (Å²) >= 11 is 0. The second kappa shape index (κ2) is 8.40. The van der Waals surface area contributed by atoms with E-state index in [-0.39, 0.29) is 22.1 Å². The summed E-state index contributed by atoms with van der Waals surface area (Å²) in [6, 6.07) is 15.3. The van der Waals surface area contributed by atoms with E-state index in [1.165, 1.54) is 43.7 Å². The van der Waals surface area contributed by atoms with Gasteiger partial charge in [-0.3, -0.25) is 0 Å². The lowest BCUT2D eigenvalue weighted by Gasteiger charge is -2.17. The average Bonchev–Trinajstić information content (AvgIpc) is 3.22. The van der Waals surface area contributed by atoms with Crippen molar-refractivity contribution in [3.63, 3.8) is 0 Å². The molecule has 1 aromatic heterocycles. The van der Waals surface area contributed by atoms with Gasteiger partial charge < -0.3 is 9.15 Å². The standard InChI is InChI=1S/C20H21NO6S2/c1-15-13-17(10-11-18(15)26-2)29(24,25)21-14-20(19-9-6-12-27-19)28(22,23)16-7-4-3-5-8-16/h3-13,20-21H,14H2,1-2H3. The summed E-state index contributed by atoms with van der Waals surface area (Å²) in [6.07, 6.45) is 1.35. The van der Waals surface area contributed by atoms with Gasteiger partial charge in [-0.25, -0.2) is 21.6 Å². The van der Waals surface area contributed by atoms with Crippen LogP contribution in [-0.4, -0.2) is 30.5 Å². The van der Waals surface area contributed by atoms with Crippen molar-refractivity contribution in [2.45, 2.75) is 22.0 Å². The minimum absolute atomic E-state index is 0.0195. The number of ether oxygens (including phenoxy) is 1. The molecule has 0 aliphatic heterocycles. The minimum atomic E-state index is -3.95. The SMILES string of the molecule is COc1ccc(S(=O)(=O)NCC(c2ccco2)S(=O)(=O)c2ccccc2)cc1C. The van der Waals surface area contributed by atoms with Gasteiger partial charge in [0.2, 0.25) is 10.0 Å². The number of aryl methyl sites for hydroxylation is 1. The van der Waals surface area contributed by atoms with Crippen molar-refractivity contribution in [3.8, 4) is 5.75 Å². The van der Waals surface area contributed by atoms with Gasteiger partial charge in [-0.1, -0.05) is 18.2 Å². The highest BCUT2D eigenvalue weighted by Crippen LogP contribution is 2.29. The van der Waals surface area contributed by atoms with Crippen molar-refractivity contribution in [3.05, 3.63) is 78.3 Å². The normalized spacial score (nSPS) is 13.2. The van der Waals surface area contributed by atoms with E-state index in [4.69, 9.17) is 9.15 Å². The zero-order valence-corrected chi connectivity index (χ0v) is 17.5. The fourth-order valence-electron chi connectivity index (χ4n) is 2.90. The van der Waals surface area contributed by atoms with Gasteiger partial charge >= 0.3 is 0 Å². The zero-order chi connectivity index (χ0) is 21.1. The van der Waals surface area contributed by atoms with Crippen LogP contribution in [0.3, 0.4) is 0 Å². The first-order valence-electron chi connectivity index (χ1n) is 8.72. The first kappa shape index (κ1) is 21.1. The van der Waals surface area contributed by atoms with Gasteiger partial charge in [0.15, 0.2) is 9.84 Å². The molecule has 154 valence electrons. The number of methoxy groups -OCH3 is 1. The second-order valence-electron chi connectivity index (χ2n) is 6.35. The van der Waals surface area contributed by atoms with Crippen LogP contribution in [0.5, 0.6) is 5.75 Å². The first-order chi connectivity index (χ1) is 13.8. The van der Waals surface area contributed by atoms with Crippen molar-refractivity contribution in [2.75, 3.05) is 13.7 Å². The van der Waals surface area contributed by atoms with Crippen molar-refractivity contribution >= 4 is 19.9 Å². The first-order valence-corrected chi connectivity index (χ1v) is 11.8. The van der Waals surface area contributed by atoms with Crippen molar-refractivity contribution in [1.82, 2.24) is 4.72 Å². The Hall–Kier alpha value is -2.62. The van der Waals surface area contributed by atoms with Crippen LogP contribution >= 0.6 is 0 Å². The van der Waals surface area contributed by atoms with Gasteiger partial charge in [0.1, 0.15) is 16.8 Å². The smallest absolute Gasteiger partial charge is 0.240 e. The predicted molar refractivity (Wildman–Crippen MR) is 108 cm³/mol. The van der Waals surface area contributed by atoms with Gasteiger partial charge in [0.05, 0.1) is 23.2 Å². The van der Waals surface area contributed by atoms with Crippen LogP contribution in [0.15, 0.2) is 81.1 Å². The van der Waals surface area contributed by atoms with Gasteiger partial charge in [-0.2, -0.15) is 0 Å². The molecular weight excluding hydrogens is 414 g/mol. The molecule has 0 fully saturated rings.